The van der Waals surface area contributed by atoms with Crippen LogP contribution in [0.1, 0.15) is 18.4 Å². The summed E-state index contributed by atoms with van der Waals surface area (Å²) in [5.41, 5.74) is 0.968. The van der Waals surface area contributed by atoms with Gasteiger partial charge < -0.3 is 5.32 Å². The number of thioether (sulfide) groups is 1. The minimum atomic E-state index is -3.48. The second-order valence-corrected chi connectivity index (χ2v) is 7.43. The monoisotopic (exact) mass is 301 g/mol. The molecule has 1 saturated heterocycles. The molecule has 0 bridgehead atoms. The van der Waals surface area contributed by atoms with Crippen LogP contribution in [0.15, 0.2) is 23.4 Å². The van der Waals surface area contributed by atoms with E-state index in [-0.39, 0.29) is 11.1 Å². The van der Waals surface area contributed by atoms with Crippen LogP contribution in [-0.4, -0.2) is 38.0 Å². The first kappa shape index (κ1) is 14.8. The van der Waals surface area contributed by atoms with E-state index in [0.717, 1.165) is 29.9 Å². The number of hydrogen-bond acceptors (Lipinski definition) is 5. The molecule has 0 aliphatic carbocycles. The van der Waals surface area contributed by atoms with Crippen molar-refractivity contribution in [3.05, 3.63) is 23.9 Å². The molecule has 106 valence electrons. The molecule has 1 aromatic rings. The largest absolute Gasteiger partial charge is 0.316 e. The van der Waals surface area contributed by atoms with Gasteiger partial charge in [-0.05, 0) is 43.0 Å². The Morgan fingerprint density at radius 3 is 2.68 bits per heavy atom. The molecule has 0 spiro atoms. The summed E-state index contributed by atoms with van der Waals surface area (Å²) < 4.78 is 27.1. The second-order valence-electron chi connectivity index (χ2n) is 4.54. The van der Waals surface area contributed by atoms with Crippen LogP contribution in [0.3, 0.4) is 0 Å². The van der Waals surface area contributed by atoms with Crippen LogP contribution in [0.5, 0.6) is 0 Å². The normalized spacial score (nSPS) is 17.5. The predicted octanol–water partition coefficient (Wildman–Crippen LogP) is 0.975. The predicted molar refractivity (Wildman–Crippen MR) is 77.7 cm³/mol. The van der Waals surface area contributed by atoms with Crippen LogP contribution in [-0.2, 0) is 16.6 Å². The number of aromatic nitrogens is 1. The highest BCUT2D eigenvalue weighted by molar-refractivity contribution is 7.99. The Labute approximate surface area is 118 Å². The van der Waals surface area contributed by atoms with E-state index in [2.05, 4.69) is 15.0 Å². The highest BCUT2D eigenvalue weighted by Crippen LogP contribution is 2.18. The van der Waals surface area contributed by atoms with Gasteiger partial charge in [-0.15, -0.1) is 0 Å². The van der Waals surface area contributed by atoms with Gasteiger partial charge in [0, 0.05) is 18.8 Å². The zero-order chi connectivity index (χ0) is 13.7. The van der Waals surface area contributed by atoms with E-state index in [1.807, 2.05) is 18.8 Å². The highest BCUT2D eigenvalue weighted by Gasteiger charge is 2.22. The number of nitrogens with zero attached hydrogens (tertiary/aromatic N) is 1. The first-order chi connectivity index (χ1) is 9.12. The number of nitrogens with one attached hydrogen (secondary N) is 2. The molecule has 0 atom stereocenters. The first-order valence-electron chi connectivity index (χ1n) is 6.31. The fourth-order valence-electron chi connectivity index (χ4n) is 1.97. The molecule has 0 unspecified atom stereocenters. The van der Waals surface area contributed by atoms with Gasteiger partial charge in [-0.2, -0.15) is 11.8 Å². The Balaban J connectivity index is 2.05. The van der Waals surface area contributed by atoms with Crippen molar-refractivity contribution in [2.75, 3.05) is 18.6 Å². The van der Waals surface area contributed by atoms with E-state index < -0.39 is 10.0 Å². The third kappa shape index (κ3) is 4.17. The molecule has 2 N–H and O–H groups in total. The van der Waals surface area contributed by atoms with Gasteiger partial charge in [0.15, 0.2) is 5.03 Å². The molecule has 0 amide bonds. The average Bonchev–Trinajstić information content (AvgIpc) is 2.40. The van der Waals surface area contributed by atoms with Crippen molar-refractivity contribution >= 4 is 21.8 Å². The van der Waals surface area contributed by atoms with Crippen molar-refractivity contribution in [1.82, 2.24) is 15.0 Å². The molecule has 1 aromatic heterocycles. The number of hydrogen-bond donors (Lipinski definition) is 2. The van der Waals surface area contributed by atoms with E-state index in [1.165, 1.54) is 0 Å². The lowest BCUT2D eigenvalue weighted by atomic mass is 10.2. The second kappa shape index (κ2) is 6.69. The number of pyridine rings is 1. The third-order valence-electron chi connectivity index (χ3n) is 3.00. The maximum atomic E-state index is 12.2. The summed E-state index contributed by atoms with van der Waals surface area (Å²) in [5.74, 6) is 2.03. The van der Waals surface area contributed by atoms with E-state index in [9.17, 15) is 8.42 Å². The average molecular weight is 301 g/mol. The third-order valence-corrected chi connectivity index (χ3v) is 5.48. The quantitative estimate of drug-likeness (QED) is 0.848. The molecule has 19 heavy (non-hydrogen) atoms. The standard InChI is InChI=1S/C12H19N3O2S2/c1-13-8-10-2-3-12(14-9-10)19(16,17)15-11-4-6-18-7-5-11/h2-3,9,11,13,15H,4-8H2,1H3. The smallest absolute Gasteiger partial charge is 0.258 e. The molecule has 5 nitrogen and oxygen atoms in total. The molecular weight excluding hydrogens is 282 g/mol. The lowest BCUT2D eigenvalue weighted by molar-refractivity contribution is 0.526. The van der Waals surface area contributed by atoms with Crippen molar-refractivity contribution in [3.8, 4) is 0 Å². The Bertz CT molecular complexity index is 496. The van der Waals surface area contributed by atoms with Gasteiger partial charge in [-0.3, -0.25) is 0 Å². The summed E-state index contributed by atoms with van der Waals surface area (Å²) in [7, 11) is -1.64. The maximum Gasteiger partial charge on any atom is 0.258 e. The summed E-state index contributed by atoms with van der Waals surface area (Å²) in [6.45, 7) is 0.681. The fraction of sp³-hybridized carbons (Fsp3) is 0.583. The first-order valence-corrected chi connectivity index (χ1v) is 8.95. The molecule has 2 rings (SSSR count). The minimum Gasteiger partial charge on any atom is -0.316 e. The van der Waals surface area contributed by atoms with Gasteiger partial charge in [0.25, 0.3) is 10.0 Å². The van der Waals surface area contributed by atoms with Crippen LogP contribution in [0.25, 0.3) is 0 Å². The molecule has 7 heteroatoms. The molecule has 1 aliphatic rings. The summed E-state index contributed by atoms with van der Waals surface area (Å²) in [5, 5.41) is 3.10. The summed E-state index contributed by atoms with van der Waals surface area (Å²) in [6, 6.07) is 3.39. The van der Waals surface area contributed by atoms with Crippen LogP contribution in [0.2, 0.25) is 0 Å². The van der Waals surface area contributed by atoms with Crippen LogP contribution in [0.4, 0.5) is 0 Å². The van der Waals surface area contributed by atoms with Gasteiger partial charge in [0.1, 0.15) is 0 Å². The van der Waals surface area contributed by atoms with Crippen LogP contribution < -0.4 is 10.0 Å². The molecule has 1 fully saturated rings. The van der Waals surface area contributed by atoms with Gasteiger partial charge in [-0.25, -0.2) is 18.1 Å². The molecule has 1 aliphatic heterocycles. The lowest BCUT2D eigenvalue weighted by Crippen LogP contribution is -2.37. The molecule has 0 aromatic carbocycles. The number of rotatable bonds is 5. The van der Waals surface area contributed by atoms with E-state index in [4.69, 9.17) is 0 Å². The SMILES string of the molecule is CNCc1ccc(S(=O)(=O)NC2CCSCC2)nc1. The zero-order valence-corrected chi connectivity index (χ0v) is 12.6. The lowest BCUT2D eigenvalue weighted by Gasteiger charge is -2.22. The van der Waals surface area contributed by atoms with Crippen LogP contribution in [0, 0.1) is 0 Å². The van der Waals surface area contributed by atoms with Crippen molar-refractivity contribution in [3.63, 3.8) is 0 Å². The Morgan fingerprint density at radius 1 is 1.37 bits per heavy atom. The minimum absolute atomic E-state index is 0.0463. The van der Waals surface area contributed by atoms with Crippen molar-refractivity contribution in [2.24, 2.45) is 0 Å². The zero-order valence-electron chi connectivity index (χ0n) is 10.9. The van der Waals surface area contributed by atoms with Gasteiger partial charge in [0.2, 0.25) is 0 Å². The van der Waals surface area contributed by atoms with E-state index in [0.29, 0.717) is 6.54 Å². The Hall–Kier alpha value is -0.630. The van der Waals surface area contributed by atoms with Crippen molar-refractivity contribution in [2.45, 2.75) is 30.5 Å². The molecular formula is C12H19N3O2S2. The summed E-state index contributed by atoms with van der Waals surface area (Å²) in [4.78, 5) is 4.04. The topological polar surface area (TPSA) is 71.1 Å². The van der Waals surface area contributed by atoms with Gasteiger partial charge >= 0.3 is 0 Å². The van der Waals surface area contributed by atoms with Crippen LogP contribution >= 0.6 is 11.8 Å². The number of sulfonamides is 1. The van der Waals surface area contributed by atoms with Gasteiger partial charge in [0.05, 0.1) is 0 Å². The van der Waals surface area contributed by atoms with E-state index >= 15 is 0 Å². The van der Waals surface area contributed by atoms with Gasteiger partial charge in [-0.1, -0.05) is 6.07 Å². The molecule has 0 saturated carbocycles. The van der Waals surface area contributed by atoms with Crippen molar-refractivity contribution in [1.29, 1.82) is 0 Å². The highest BCUT2D eigenvalue weighted by atomic mass is 32.2. The fourth-order valence-corrected chi connectivity index (χ4v) is 4.31. The molecule has 2 heterocycles. The Morgan fingerprint density at radius 2 is 2.11 bits per heavy atom. The summed E-state index contributed by atoms with van der Waals surface area (Å²) >= 11 is 1.87. The van der Waals surface area contributed by atoms with Crippen molar-refractivity contribution < 1.29 is 8.42 Å². The summed E-state index contributed by atoms with van der Waals surface area (Å²) in [6.07, 6.45) is 3.38. The maximum absolute atomic E-state index is 12.2. The Kier molecular flexibility index (Phi) is 5.20. The van der Waals surface area contributed by atoms with E-state index in [1.54, 1.807) is 18.3 Å². The molecule has 0 radical (unpaired) electrons.